The Labute approximate surface area is 236 Å². The molecule has 9 heteroatoms. The van der Waals surface area contributed by atoms with Crippen LogP contribution < -0.4 is 9.62 Å². The second-order valence-electron chi connectivity index (χ2n) is 9.55. The van der Waals surface area contributed by atoms with Crippen molar-refractivity contribution in [2.24, 2.45) is 0 Å². The van der Waals surface area contributed by atoms with Crippen LogP contribution in [0.25, 0.3) is 0 Å². The van der Waals surface area contributed by atoms with Crippen molar-refractivity contribution < 1.29 is 18.0 Å². The van der Waals surface area contributed by atoms with Crippen LogP contribution in [0.4, 0.5) is 5.69 Å². The number of halogens is 1. The number of nitrogens with zero attached hydrogens (tertiary/aromatic N) is 2. The van der Waals surface area contributed by atoms with E-state index in [0.717, 1.165) is 21.9 Å². The number of amides is 2. The van der Waals surface area contributed by atoms with Gasteiger partial charge in [-0.1, -0.05) is 66.6 Å². The Hall–Kier alpha value is -3.36. The van der Waals surface area contributed by atoms with Crippen molar-refractivity contribution in [2.75, 3.05) is 23.9 Å². The lowest BCUT2D eigenvalue weighted by Crippen LogP contribution is -2.52. The molecule has 3 rings (SSSR count). The third-order valence-electron chi connectivity index (χ3n) is 6.52. The van der Waals surface area contributed by atoms with Crippen LogP contribution in [0.15, 0.2) is 77.7 Å². The molecule has 0 aliphatic heterocycles. The number of hydrogen-bond acceptors (Lipinski definition) is 4. The van der Waals surface area contributed by atoms with Gasteiger partial charge in [0, 0.05) is 18.1 Å². The molecule has 39 heavy (non-hydrogen) atoms. The van der Waals surface area contributed by atoms with E-state index >= 15 is 0 Å². The summed E-state index contributed by atoms with van der Waals surface area (Å²) in [6.45, 7) is 7.50. The van der Waals surface area contributed by atoms with Gasteiger partial charge in [-0.3, -0.25) is 13.9 Å². The van der Waals surface area contributed by atoms with E-state index in [0.29, 0.717) is 29.2 Å². The Morgan fingerprint density at radius 3 is 2.26 bits per heavy atom. The van der Waals surface area contributed by atoms with Gasteiger partial charge in [0.1, 0.15) is 12.6 Å². The van der Waals surface area contributed by atoms with E-state index in [1.165, 1.54) is 17.0 Å². The molecule has 0 radical (unpaired) electrons. The summed E-state index contributed by atoms with van der Waals surface area (Å²) in [5.41, 5.74) is 2.88. The van der Waals surface area contributed by atoms with Crippen LogP contribution >= 0.6 is 11.6 Å². The molecule has 3 aromatic rings. The van der Waals surface area contributed by atoms with Crippen LogP contribution in [-0.4, -0.2) is 50.8 Å². The summed E-state index contributed by atoms with van der Waals surface area (Å²) in [5, 5.41) is 3.31. The quantitative estimate of drug-likeness (QED) is 0.327. The van der Waals surface area contributed by atoms with Gasteiger partial charge < -0.3 is 10.2 Å². The zero-order valence-electron chi connectivity index (χ0n) is 22.9. The molecule has 1 unspecified atom stereocenters. The molecule has 0 spiro atoms. The highest BCUT2D eigenvalue weighted by Crippen LogP contribution is 2.29. The van der Waals surface area contributed by atoms with E-state index in [4.69, 9.17) is 11.6 Å². The first-order valence-electron chi connectivity index (χ1n) is 13.0. The molecule has 1 atom stereocenters. The molecule has 1 N–H and O–H groups in total. The number of carbonyl (C=O) groups excluding carboxylic acids is 2. The molecule has 7 nitrogen and oxygen atoms in total. The minimum absolute atomic E-state index is 0.0693. The zero-order chi connectivity index (χ0) is 28.6. The highest BCUT2D eigenvalue weighted by Gasteiger charge is 2.32. The molecule has 0 saturated carbocycles. The van der Waals surface area contributed by atoms with Gasteiger partial charge >= 0.3 is 0 Å². The Balaban J connectivity index is 2.00. The highest BCUT2D eigenvalue weighted by molar-refractivity contribution is 7.92. The largest absolute Gasteiger partial charge is 0.354 e. The standard InChI is InChI=1S/C30H36ClN3O4S/c1-5-18-32-30(36)24(4)33(19-17-25-9-7-6-8-10-25)29(35)21-34(28-16-13-26(31)20-23(28)3)39(37,38)27-14-11-22(2)12-15-27/h6-16,20,24H,5,17-19,21H2,1-4H3,(H,32,36). The maximum absolute atomic E-state index is 13.9. The van der Waals surface area contributed by atoms with Crippen LogP contribution in [0.3, 0.4) is 0 Å². The summed E-state index contributed by atoms with van der Waals surface area (Å²) >= 11 is 6.16. The summed E-state index contributed by atoms with van der Waals surface area (Å²) in [7, 11) is -4.12. The van der Waals surface area contributed by atoms with Crippen molar-refractivity contribution in [1.29, 1.82) is 0 Å². The first kappa shape index (κ1) is 30.2. The van der Waals surface area contributed by atoms with Crippen molar-refractivity contribution >= 4 is 39.1 Å². The number of benzene rings is 3. The van der Waals surface area contributed by atoms with E-state index in [1.54, 1.807) is 44.2 Å². The van der Waals surface area contributed by atoms with Gasteiger partial charge in [-0.25, -0.2) is 8.42 Å². The predicted octanol–water partition coefficient (Wildman–Crippen LogP) is 5.14. The number of rotatable bonds is 12. The van der Waals surface area contributed by atoms with Gasteiger partial charge in [-0.05, 0) is 75.1 Å². The number of anilines is 1. The van der Waals surface area contributed by atoms with E-state index in [1.807, 2.05) is 44.2 Å². The summed E-state index contributed by atoms with van der Waals surface area (Å²) in [6, 6.07) is 20.2. The Kier molecular flexibility index (Phi) is 10.5. The van der Waals surface area contributed by atoms with Crippen molar-refractivity contribution in [3.63, 3.8) is 0 Å². The predicted molar refractivity (Wildman–Crippen MR) is 157 cm³/mol. The maximum Gasteiger partial charge on any atom is 0.264 e. The molecule has 0 aromatic heterocycles. The van der Waals surface area contributed by atoms with Gasteiger partial charge in [0.2, 0.25) is 11.8 Å². The number of aryl methyl sites for hydroxylation is 2. The van der Waals surface area contributed by atoms with Crippen molar-refractivity contribution in [2.45, 2.75) is 51.5 Å². The van der Waals surface area contributed by atoms with E-state index in [2.05, 4.69) is 5.32 Å². The highest BCUT2D eigenvalue weighted by atomic mass is 35.5. The molecular weight excluding hydrogens is 534 g/mol. The lowest BCUT2D eigenvalue weighted by atomic mass is 10.1. The van der Waals surface area contributed by atoms with Crippen LogP contribution in [0.5, 0.6) is 0 Å². The van der Waals surface area contributed by atoms with Gasteiger partial charge in [0.25, 0.3) is 10.0 Å². The molecule has 208 valence electrons. The lowest BCUT2D eigenvalue weighted by molar-refractivity contribution is -0.138. The molecule has 0 fully saturated rings. The monoisotopic (exact) mass is 569 g/mol. The van der Waals surface area contributed by atoms with E-state index < -0.39 is 28.5 Å². The molecule has 0 saturated heterocycles. The van der Waals surface area contributed by atoms with Gasteiger partial charge in [0.15, 0.2) is 0 Å². The Morgan fingerprint density at radius 1 is 0.974 bits per heavy atom. The minimum atomic E-state index is -4.12. The van der Waals surface area contributed by atoms with Crippen LogP contribution in [0.2, 0.25) is 5.02 Å². The van der Waals surface area contributed by atoms with Crippen molar-refractivity contribution in [3.05, 3.63) is 94.5 Å². The second-order valence-corrected chi connectivity index (χ2v) is 11.8. The van der Waals surface area contributed by atoms with Gasteiger partial charge in [-0.15, -0.1) is 0 Å². The molecule has 3 aromatic carbocycles. The molecule has 0 bridgehead atoms. The number of nitrogens with one attached hydrogen (secondary N) is 1. The minimum Gasteiger partial charge on any atom is -0.354 e. The third kappa shape index (κ3) is 7.83. The first-order valence-corrected chi connectivity index (χ1v) is 14.8. The molecule has 0 aliphatic carbocycles. The van der Waals surface area contributed by atoms with Crippen molar-refractivity contribution in [3.8, 4) is 0 Å². The average Bonchev–Trinajstić information content (AvgIpc) is 2.91. The number of sulfonamides is 1. The average molecular weight is 570 g/mol. The van der Waals surface area contributed by atoms with Crippen LogP contribution in [0.1, 0.15) is 37.0 Å². The van der Waals surface area contributed by atoms with Crippen LogP contribution in [-0.2, 0) is 26.0 Å². The molecule has 2 amide bonds. The first-order chi connectivity index (χ1) is 18.5. The summed E-state index contributed by atoms with van der Waals surface area (Å²) in [5.74, 6) is -0.760. The van der Waals surface area contributed by atoms with E-state index in [9.17, 15) is 18.0 Å². The maximum atomic E-state index is 13.9. The fourth-order valence-electron chi connectivity index (χ4n) is 4.22. The second kappa shape index (κ2) is 13.6. The summed E-state index contributed by atoms with van der Waals surface area (Å²) in [6.07, 6.45) is 1.28. The summed E-state index contributed by atoms with van der Waals surface area (Å²) in [4.78, 5) is 28.3. The lowest BCUT2D eigenvalue weighted by Gasteiger charge is -2.32. The van der Waals surface area contributed by atoms with Crippen molar-refractivity contribution in [1.82, 2.24) is 10.2 Å². The fourth-order valence-corrected chi connectivity index (χ4v) is 5.92. The Morgan fingerprint density at radius 2 is 1.64 bits per heavy atom. The molecule has 0 aliphatic rings. The smallest absolute Gasteiger partial charge is 0.264 e. The zero-order valence-corrected chi connectivity index (χ0v) is 24.4. The topological polar surface area (TPSA) is 86.8 Å². The normalized spacial score (nSPS) is 12.0. The summed E-state index contributed by atoms with van der Waals surface area (Å²) < 4.78 is 28.9. The number of hydrogen-bond donors (Lipinski definition) is 1. The molecule has 0 heterocycles. The van der Waals surface area contributed by atoms with Gasteiger partial charge in [-0.2, -0.15) is 0 Å². The Bertz CT molecular complexity index is 1380. The van der Waals surface area contributed by atoms with E-state index in [-0.39, 0.29) is 17.3 Å². The molecular formula is C30H36ClN3O4S. The third-order valence-corrected chi connectivity index (χ3v) is 8.53. The van der Waals surface area contributed by atoms with Crippen LogP contribution in [0, 0.1) is 13.8 Å². The fraction of sp³-hybridized carbons (Fsp3) is 0.333. The number of carbonyl (C=O) groups is 2. The SMILES string of the molecule is CCCNC(=O)C(C)N(CCc1ccccc1)C(=O)CN(c1ccc(Cl)cc1C)S(=O)(=O)c1ccc(C)cc1. The van der Waals surface area contributed by atoms with Gasteiger partial charge in [0.05, 0.1) is 10.6 Å².